The Morgan fingerprint density at radius 3 is 2.54 bits per heavy atom. The van der Waals surface area contributed by atoms with E-state index in [1.54, 1.807) is 0 Å². The molecule has 0 saturated carbocycles. The van der Waals surface area contributed by atoms with Crippen LogP contribution in [0.15, 0.2) is 0 Å². The fraction of sp³-hybridized carbons (Fsp3) is 1.00. The predicted octanol–water partition coefficient (Wildman–Crippen LogP) is 0.806. The molecule has 0 amide bonds. The standard InChI is InChI=1S/C10H18O3/c1-5(2)8-10-7(11)9(13-8)6(3)4-12-10/h5-11H,4H2,1-3H3/t6-,7+,8-,9-,10+/m1/s1. The van der Waals surface area contributed by atoms with Crippen molar-refractivity contribution in [2.45, 2.75) is 45.2 Å². The molecule has 0 spiro atoms. The van der Waals surface area contributed by atoms with Gasteiger partial charge in [-0.15, -0.1) is 0 Å². The highest BCUT2D eigenvalue weighted by Crippen LogP contribution is 2.36. The topological polar surface area (TPSA) is 38.7 Å². The average Bonchev–Trinajstić information content (AvgIpc) is 2.26. The van der Waals surface area contributed by atoms with Crippen LogP contribution in [0.2, 0.25) is 0 Å². The molecule has 3 heteroatoms. The predicted molar refractivity (Wildman–Crippen MR) is 48.4 cm³/mol. The van der Waals surface area contributed by atoms with Gasteiger partial charge in [0.1, 0.15) is 12.2 Å². The van der Waals surface area contributed by atoms with Crippen LogP contribution in [0.5, 0.6) is 0 Å². The van der Waals surface area contributed by atoms with Gasteiger partial charge in [-0.2, -0.15) is 0 Å². The van der Waals surface area contributed by atoms with Crippen molar-refractivity contribution in [1.82, 2.24) is 0 Å². The van der Waals surface area contributed by atoms with E-state index >= 15 is 0 Å². The normalized spacial score (nSPS) is 50.1. The molecule has 13 heavy (non-hydrogen) atoms. The highest BCUT2D eigenvalue weighted by molar-refractivity contribution is 4.98. The Morgan fingerprint density at radius 1 is 1.31 bits per heavy atom. The number of aliphatic hydroxyl groups is 1. The van der Waals surface area contributed by atoms with E-state index < -0.39 is 6.10 Å². The minimum Gasteiger partial charge on any atom is -0.388 e. The lowest BCUT2D eigenvalue weighted by Gasteiger charge is -2.29. The van der Waals surface area contributed by atoms with Crippen molar-refractivity contribution in [1.29, 1.82) is 0 Å². The van der Waals surface area contributed by atoms with E-state index in [1.165, 1.54) is 0 Å². The number of aliphatic hydroxyl groups excluding tert-OH is 1. The van der Waals surface area contributed by atoms with Crippen molar-refractivity contribution in [3.63, 3.8) is 0 Å². The van der Waals surface area contributed by atoms with E-state index in [9.17, 15) is 5.11 Å². The Kier molecular flexibility index (Phi) is 2.34. The maximum absolute atomic E-state index is 9.85. The van der Waals surface area contributed by atoms with Gasteiger partial charge in [-0.05, 0) is 5.92 Å². The molecule has 0 unspecified atom stereocenters. The van der Waals surface area contributed by atoms with Gasteiger partial charge in [0.15, 0.2) is 0 Å². The lowest BCUT2D eigenvalue weighted by Crippen LogP contribution is -2.44. The smallest absolute Gasteiger partial charge is 0.112 e. The molecular weight excluding hydrogens is 168 g/mol. The van der Waals surface area contributed by atoms with Crippen molar-refractivity contribution in [2.24, 2.45) is 11.8 Å². The summed E-state index contributed by atoms with van der Waals surface area (Å²) in [5.74, 6) is 0.727. The van der Waals surface area contributed by atoms with Gasteiger partial charge in [-0.3, -0.25) is 0 Å². The van der Waals surface area contributed by atoms with Crippen LogP contribution in [-0.4, -0.2) is 36.1 Å². The molecule has 2 fully saturated rings. The van der Waals surface area contributed by atoms with Crippen LogP contribution in [0.25, 0.3) is 0 Å². The molecular formula is C10H18O3. The van der Waals surface area contributed by atoms with Crippen LogP contribution in [0.4, 0.5) is 0 Å². The molecule has 2 rings (SSSR count). The lowest BCUT2D eigenvalue weighted by atomic mass is 9.92. The minimum absolute atomic E-state index is 0.00819. The van der Waals surface area contributed by atoms with Crippen molar-refractivity contribution in [3.05, 3.63) is 0 Å². The van der Waals surface area contributed by atoms with Gasteiger partial charge < -0.3 is 14.6 Å². The summed E-state index contributed by atoms with van der Waals surface area (Å²) >= 11 is 0. The zero-order valence-corrected chi connectivity index (χ0v) is 8.43. The summed E-state index contributed by atoms with van der Waals surface area (Å²) in [6.07, 6.45) is -0.451. The monoisotopic (exact) mass is 186 g/mol. The molecule has 0 aromatic rings. The molecule has 0 radical (unpaired) electrons. The number of hydrogen-bond acceptors (Lipinski definition) is 3. The third-order valence-corrected chi connectivity index (χ3v) is 3.08. The average molecular weight is 186 g/mol. The first kappa shape index (κ1) is 9.44. The lowest BCUT2D eigenvalue weighted by molar-refractivity contribution is -0.0896. The maximum Gasteiger partial charge on any atom is 0.112 e. The molecule has 2 aliphatic rings. The SMILES string of the molecule is CC(C)[C@H]1O[C@H]2[C@H](O)[C@@H]1OC[C@H]2C. The number of fused-ring (bicyclic) bond motifs is 2. The molecule has 5 atom stereocenters. The molecule has 0 aliphatic carbocycles. The molecule has 1 N–H and O–H groups in total. The minimum atomic E-state index is -0.420. The second-order valence-corrected chi connectivity index (χ2v) is 4.58. The van der Waals surface area contributed by atoms with Crippen LogP contribution in [0.1, 0.15) is 20.8 Å². The Morgan fingerprint density at radius 2 is 2.00 bits per heavy atom. The van der Waals surface area contributed by atoms with E-state index in [0.717, 1.165) is 6.61 Å². The second-order valence-electron chi connectivity index (χ2n) is 4.58. The second kappa shape index (κ2) is 3.23. The van der Waals surface area contributed by atoms with Crippen LogP contribution < -0.4 is 0 Å². The van der Waals surface area contributed by atoms with E-state index in [0.29, 0.717) is 11.8 Å². The van der Waals surface area contributed by atoms with E-state index in [1.807, 2.05) is 0 Å². The summed E-state index contributed by atoms with van der Waals surface area (Å²) in [4.78, 5) is 0. The van der Waals surface area contributed by atoms with E-state index in [2.05, 4.69) is 20.8 Å². The van der Waals surface area contributed by atoms with E-state index in [4.69, 9.17) is 9.47 Å². The van der Waals surface area contributed by atoms with Crippen molar-refractivity contribution >= 4 is 0 Å². The van der Waals surface area contributed by atoms with Crippen molar-refractivity contribution in [2.75, 3.05) is 6.61 Å². The maximum atomic E-state index is 9.85. The zero-order chi connectivity index (χ0) is 9.59. The molecule has 2 saturated heterocycles. The first-order valence-electron chi connectivity index (χ1n) is 5.06. The summed E-state index contributed by atoms with van der Waals surface area (Å²) in [5.41, 5.74) is 0. The first-order chi connectivity index (χ1) is 6.11. The van der Waals surface area contributed by atoms with Gasteiger partial charge in [0, 0.05) is 5.92 Å². The summed E-state index contributed by atoms with van der Waals surface area (Å²) in [6, 6.07) is 0. The zero-order valence-electron chi connectivity index (χ0n) is 8.43. The summed E-state index contributed by atoms with van der Waals surface area (Å²) in [5, 5.41) is 9.85. The third-order valence-electron chi connectivity index (χ3n) is 3.08. The Balaban J connectivity index is 2.14. The van der Waals surface area contributed by atoms with Gasteiger partial charge in [0.2, 0.25) is 0 Å². The number of hydrogen-bond donors (Lipinski definition) is 1. The first-order valence-corrected chi connectivity index (χ1v) is 5.06. The van der Waals surface area contributed by atoms with Gasteiger partial charge in [-0.1, -0.05) is 20.8 Å². The van der Waals surface area contributed by atoms with Crippen LogP contribution in [-0.2, 0) is 9.47 Å². The molecule has 2 bridgehead atoms. The third kappa shape index (κ3) is 1.39. The number of ether oxygens (including phenoxy) is 2. The Bertz CT molecular complexity index is 193. The largest absolute Gasteiger partial charge is 0.388 e. The Hall–Kier alpha value is -0.120. The number of rotatable bonds is 1. The quantitative estimate of drug-likeness (QED) is 0.658. The molecule has 0 aromatic heterocycles. The highest BCUT2D eigenvalue weighted by atomic mass is 16.6. The van der Waals surface area contributed by atoms with Gasteiger partial charge in [0.25, 0.3) is 0 Å². The molecule has 0 aromatic carbocycles. The molecule has 2 heterocycles. The summed E-state index contributed by atoms with van der Waals surface area (Å²) < 4.78 is 11.4. The fourth-order valence-corrected chi connectivity index (χ4v) is 2.28. The molecule has 2 aliphatic heterocycles. The van der Waals surface area contributed by atoms with Crippen molar-refractivity contribution < 1.29 is 14.6 Å². The Labute approximate surface area is 79.0 Å². The summed E-state index contributed by atoms with van der Waals surface area (Å²) in [7, 11) is 0. The van der Waals surface area contributed by atoms with Crippen LogP contribution in [0.3, 0.4) is 0 Å². The van der Waals surface area contributed by atoms with Gasteiger partial charge in [-0.25, -0.2) is 0 Å². The van der Waals surface area contributed by atoms with E-state index in [-0.39, 0.29) is 18.3 Å². The summed E-state index contributed by atoms with van der Waals surface area (Å²) in [6.45, 7) is 6.99. The van der Waals surface area contributed by atoms with Crippen molar-refractivity contribution in [3.8, 4) is 0 Å². The molecule has 76 valence electrons. The molecule has 3 nitrogen and oxygen atoms in total. The van der Waals surface area contributed by atoms with Gasteiger partial charge >= 0.3 is 0 Å². The van der Waals surface area contributed by atoms with Crippen LogP contribution >= 0.6 is 0 Å². The van der Waals surface area contributed by atoms with Crippen LogP contribution in [0, 0.1) is 11.8 Å². The van der Waals surface area contributed by atoms with Gasteiger partial charge in [0.05, 0.1) is 18.8 Å². The fourth-order valence-electron chi connectivity index (χ4n) is 2.28. The highest BCUT2D eigenvalue weighted by Gasteiger charge is 2.50.